The summed E-state index contributed by atoms with van der Waals surface area (Å²) in [7, 11) is 0. The molecule has 110 valence electrons. The first kappa shape index (κ1) is 14.1. The molecule has 3 heterocycles. The second kappa shape index (κ2) is 6.74. The SMILES string of the molecule is CSc1nccc(N2CCN(C3CCOCC3)CC2)n1. The van der Waals surface area contributed by atoms with E-state index in [1.165, 1.54) is 12.8 Å². The van der Waals surface area contributed by atoms with Crippen LogP contribution >= 0.6 is 11.8 Å². The molecule has 1 aromatic heterocycles. The summed E-state index contributed by atoms with van der Waals surface area (Å²) in [6.45, 7) is 6.22. The van der Waals surface area contributed by atoms with E-state index < -0.39 is 0 Å². The molecular weight excluding hydrogens is 272 g/mol. The van der Waals surface area contributed by atoms with E-state index in [1.807, 2.05) is 18.5 Å². The molecule has 0 bridgehead atoms. The van der Waals surface area contributed by atoms with Crippen molar-refractivity contribution < 1.29 is 4.74 Å². The molecule has 1 aromatic rings. The van der Waals surface area contributed by atoms with Gasteiger partial charge in [-0.05, 0) is 25.2 Å². The van der Waals surface area contributed by atoms with Gasteiger partial charge in [0.1, 0.15) is 5.82 Å². The number of rotatable bonds is 3. The van der Waals surface area contributed by atoms with Crippen molar-refractivity contribution in [3.63, 3.8) is 0 Å². The molecule has 3 rings (SSSR count). The molecule has 5 nitrogen and oxygen atoms in total. The molecule has 2 saturated heterocycles. The third-order valence-corrected chi connectivity index (χ3v) is 4.71. The van der Waals surface area contributed by atoms with E-state index in [2.05, 4.69) is 19.8 Å². The molecule has 0 amide bonds. The lowest BCUT2D eigenvalue weighted by atomic mass is 10.1. The quantitative estimate of drug-likeness (QED) is 0.621. The molecule has 0 radical (unpaired) electrons. The smallest absolute Gasteiger partial charge is 0.189 e. The number of anilines is 1. The third kappa shape index (κ3) is 3.24. The molecule has 0 saturated carbocycles. The van der Waals surface area contributed by atoms with E-state index >= 15 is 0 Å². The fourth-order valence-electron chi connectivity index (χ4n) is 2.97. The number of ether oxygens (including phenoxy) is 1. The minimum atomic E-state index is 0.720. The lowest BCUT2D eigenvalue weighted by molar-refractivity contribution is 0.0321. The molecule has 20 heavy (non-hydrogen) atoms. The summed E-state index contributed by atoms with van der Waals surface area (Å²) >= 11 is 1.60. The molecule has 6 heteroatoms. The number of piperazine rings is 1. The van der Waals surface area contributed by atoms with Gasteiger partial charge in [0.05, 0.1) is 0 Å². The Kier molecular flexibility index (Phi) is 4.75. The van der Waals surface area contributed by atoms with Crippen LogP contribution in [0.3, 0.4) is 0 Å². The number of hydrogen-bond acceptors (Lipinski definition) is 6. The minimum absolute atomic E-state index is 0.720. The van der Waals surface area contributed by atoms with Crippen molar-refractivity contribution in [1.82, 2.24) is 14.9 Å². The predicted molar refractivity (Wildman–Crippen MR) is 81.4 cm³/mol. The van der Waals surface area contributed by atoms with Crippen LogP contribution in [-0.2, 0) is 4.74 Å². The van der Waals surface area contributed by atoms with E-state index in [9.17, 15) is 0 Å². The van der Waals surface area contributed by atoms with Gasteiger partial charge in [0.2, 0.25) is 0 Å². The van der Waals surface area contributed by atoms with E-state index in [4.69, 9.17) is 4.74 Å². The Hall–Kier alpha value is -0.850. The first-order valence-electron chi connectivity index (χ1n) is 7.30. The van der Waals surface area contributed by atoms with Gasteiger partial charge in [-0.2, -0.15) is 0 Å². The second-order valence-electron chi connectivity index (χ2n) is 5.27. The lowest BCUT2D eigenvalue weighted by Gasteiger charge is -2.41. The Bertz CT molecular complexity index is 431. The van der Waals surface area contributed by atoms with Gasteiger partial charge in [0, 0.05) is 51.6 Å². The van der Waals surface area contributed by atoms with Crippen molar-refractivity contribution in [1.29, 1.82) is 0 Å². The van der Waals surface area contributed by atoms with E-state index in [-0.39, 0.29) is 0 Å². The summed E-state index contributed by atoms with van der Waals surface area (Å²) in [6, 6.07) is 2.74. The van der Waals surface area contributed by atoms with Crippen molar-refractivity contribution in [2.45, 2.75) is 24.0 Å². The zero-order chi connectivity index (χ0) is 13.8. The highest BCUT2D eigenvalue weighted by molar-refractivity contribution is 7.98. The highest BCUT2D eigenvalue weighted by Gasteiger charge is 2.25. The molecule has 2 aliphatic rings. The summed E-state index contributed by atoms with van der Waals surface area (Å²) in [4.78, 5) is 13.8. The Balaban J connectivity index is 1.57. The van der Waals surface area contributed by atoms with Crippen LogP contribution in [-0.4, -0.2) is 66.6 Å². The number of thioether (sulfide) groups is 1. The van der Waals surface area contributed by atoms with Crippen LogP contribution in [0, 0.1) is 0 Å². The molecule has 2 aliphatic heterocycles. The van der Waals surface area contributed by atoms with Crippen LogP contribution < -0.4 is 4.90 Å². The molecule has 2 fully saturated rings. The molecule has 0 spiro atoms. The maximum Gasteiger partial charge on any atom is 0.189 e. The molecule has 0 N–H and O–H groups in total. The van der Waals surface area contributed by atoms with Crippen molar-refractivity contribution in [2.24, 2.45) is 0 Å². The predicted octanol–water partition coefficient (Wildman–Crippen LogP) is 1.50. The third-order valence-electron chi connectivity index (χ3n) is 4.15. The standard InChI is InChI=1S/C14H22N4OS/c1-20-14-15-5-2-13(16-14)18-8-6-17(7-9-18)12-3-10-19-11-4-12/h2,5,12H,3-4,6-11H2,1H3. The number of nitrogens with zero attached hydrogens (tertiary/aromatic N) is 4. The highest BCUT2D eigenvalue weighted by Crippen LogP contribution is 2.20. The summed E-state index contributed by atoms with van der Waals surface area (Å²) in [5, 5.41) is 0.856. The topological polar surface area (TPSA) is 41.5 Å². The monoisotopic (exact) mass is 294 g/mol. The zero-order valence-electron chi connectivity index (χ0n) is 12.0. The Morgan fingerprint density at radius 1 is 1.20 bits per heavy atom. The summed E-state index contributed by atoms with van der Waals surface area (Å²) < 4.78 is 5.45. The van der Waals surface area contributed by atoms with Crippen LogP contribution in [0.1, 0.15) is 12.8 Å². The largest absolute Gasteiger partial charge is 0.381 e. The normalized spacial score (nSPS) is 22.1. The van der Waals surface area contributed by atoms with Gasteiger partial charge >= 0.3 is 0 Å². The first-order chi connectivity index (χ1) is 9.86. The van der Waals surface area contributed by atoms with Crippen LogP contribution in [0.15, 0.2) is 17.4 Å². The average molecular weight is 294 g/mol. The number of aromatic nitrogens is 2. The van der Waals surface area contributed by atoms with Crippen molar-refractivity contribution >= 4 is 17.6 Å². The number of hydrogen-bond donors (Lipinski definition) is 0. The summed E-state index contributed by atoms with van der Waals surface area (Å²) in [5.41, 5.74) is 0. The van der Waals surface area contributed by atoms with Gasteiger partial charge < -0.3 is 9.64 Å². The van der Waals surface area contributed by atoms with Gasteiger partial charge in [0.15, 0.2) is 5.16 Å². The van der Waals surface area contributed by atoms with Gasteiger partial charge in [-0.15, -0.1) is 0 Å². The van der Waals surface area contributed by atoms with Gasteiger partial charge in [0.25, 0.3) is 0 Å². The van der Waals surface area contributed by atoms with Crippen LogP contribution in [0.4, 0.5) is 5.82 Å². The van der Waals surface area contributed by atoms with Gasteiger partial charge in [-0.3, -0.25) is 4.90 Å². The molecule has 0 unspecified atom stereocenters. The Labute approximate surface area is 124 Å². The maximum absolute atomic E-state index is 5.45. The molecule has 0 aromatic carbocycles. The summed E-state index contributed by atoms with van der Waals surface area (Å²) in [6.07, 6.45) is 6.25. The maximum atomic E-state index is 5.45. The summed E-state index contributed by atoms with van der Waals surface area (Å²) in [5.74, 6) is 1.07. The fourth-order valence-corrected chi connectivity index (χ4v) is 3.32. The minimum Gasteiger partial charge on any atom is -0.381 e. The van der Waals surface area contributed by atoms with Gasteiger partial charge in [-0.1, -0.05) is 11.8 Å². The van der Waals surface area contributed by atoms with Gasteiger partial charge in [-0.25, -0.2) is 9.97 Å². The average Bonchev–Trinajstić information content (AvgIpc) is 2.56. The van der Waals surface area contributed by atoms with Crippen LogP contribution in [0.25, 0.3) is 0 Å². The van der Waals surface area contributed by atoms with Crippen molar-refractivity contribution in [3.8, 4) is 0 Å². The fraction of sp³-hybridized carbons (Fsp3) is 0.714. The van der Waals surface area contributed by atoms with Crippen LogP contribution in [0.2, 0.25) is 0 Å². The van der Waals surface area contributed by atoms with E-state index in [1.54, 1.807) is 11.8 Å². The lowest BCUT2D eigenvalue weighted by Crippen LogP contribution is -2.51. The van der Waals surface area contributed by atoms with Crippen molar-refractivity contribution in [2.75, 3.05) is 50.5 Å². The highest BCUT2D eigenvalue weighted by atomic mass is 32.2. The van der Waals surface area contributed by atoms with E-state index in [0.717, 1.165) is 56.4 Å². The molecule has 0 aliphatic carbocycles. The zero-order valence-corrected chi connectivity index (χ0v) is 12.8. The molecular formula is C14H22N4OS. The van der Waals surface area contributed by atoms with Crippen molar-refractivity contribution in [3.05, 3.63) is 12.3 Å². The second-order valence-corrected chi connectivity index (χ2v) is 6.04. The van der Waals surface area contributed by atoms with E-state index in [0.29, 0.717) is 0 Å². The Morgan fingerprint density at radius 2 is 1.95 bits per heavy atom. The Morgan fingerprint density at radius 3 is 2.65 bits per heavy atom. The van der Waals surface area contributed by atoms with Crippen LogP contribution in [0.5, 0.6) is 0 Å². The molecule has 0 atom stereocenters. The first-order valence-corrected chi connectivity index (χ1v) is 8.53.